The lowest BCUT2D eigenvalue weighted by Crippen LogP contribution is -2.39. The van der Waals surface area contributed by atoms with E-state index in [4.69, 9.17) is 0 Å². The molecule has 1 unspecified atom stereocenters. The first-order valence-corrected chi connectivity index (χ1v) is 6.78. The van der Waals surface area contributed by atoms with Crippen molar-refractivity contribution in [2.24, 2.45) is 0 Å². The second-order valence-electron chi connectivity index (χ2n) is 5.14. The normalized spacial score (nSPS) is 26.7. The van der Waals surface area contributed by atoms with E-state index in [9.17, 15) is 0 Å². The van der Waals surface area contributed by atoms with Crippen molar-refractivity contribution in [2.45, 2.75) is 50.7 Å². The Labute approximate surface area is 105 Å². The molecule has 94 valence electrons. The van der Waals surface area contributed by atoms with E-state index >= 15 is 0 Å². The van der Waals surface area contributed by atoms with Gasteiger partial charge in [-0.2, -0.15) is 0 Å². The van der Waals surface area contributed by atoms with Gasteiger partial charge in [0.2, 0.25) is 0 Å². The number of nitrogens with one attached hydrogen (secondary N) is 2. The average Bonchev–Trinajstić information content (AvgIpc) is 2.40. The van der Waals surface area contributed by atoms with E-state index in [1.807, 2.05) is 0 Å². The molecule has 1 aromatic carbocycles. The summed E-state index contributed by atoms with van der Waals surface area (Å²) in [7, 11) is 2.07. The molecule has 0 spiro atoms. The van der Waals surface area contributed by atoms with Gasteiger partial charge in [0.1, 0.15) is 0 Å². The van der Waals surface area contributed by atoms with Crippen molar-refractivity contribution in [2.75, 3.05) is 7.05 Å². The number of hydrogen-bond acceptors (Lipinski definition) is 2. The van der Waals surface area contributed by atoms with Crippen LogP contribution in [0, 0.1) is 0 Å². The quantitative estimate of drug-likeness (QED) is 0.834. The highest BCUT2D eigenvalue weighted by atomic mass is 15.0. The summed E-state index contributed by atoms with van der Waals surface area (Å²) in [6, 6.07) is 12.6. The van der Waals surface area contributed by atoms with Gasteiger partial charge in [0, 0.05) is 18.1 Å². The molecule has 0 heterocycles. The number of hydrogen-bond donors (Lipinski definition) is 2. The Morgan fingerprint density at radius 2 is 1.59 bits per heavy atom. The molecule has 17 heavy (non-hydrogen) atoms. The molecule has 1 atom stereocenters. The summed E-state index contributed by atoms with van der Waals surface area (Å²) in [6.07, 6.45) is 5.19. The Morgan fingerprint density at radius 3 is 2.18 bits per heavy atom. The third-order valence-electron chi connectivity index (χ3n) is 3.92. The van der Waals surface area contributed by atoms with E-state index in [2.05, 4.69) is 54.9 Å². The minimum Gasteiger partial charge on any atom is -0.317 e. The van der Waals surface area contributed by atoms with Crippen LogP contribution in [0.15, 0.2) is 30.3 Å². The SMILES string of the molecule is CNC1CCC(NC(C)c2ccccc2)CC1. The third kappa shape index (κ3) is 3.55. The molecule has 0 radical (unpaired) electrons. The van der Waals surface area contributed by atoms with Crippen LogP contribution in [0.4, 0.5) is 0 Å². The Hall–Kier alpha value is -0.860. The van der Waals surface area contributed by atoms with Crippen LogP contribution in [-0.2, 0) is 0 Å². The Bertz CT molecular complexity index is 315. The summed E-state index contributed by atoms with van der Waals surface area (Å²) in [5.74, 6) is 0. The highest BCUT2D eigenvalue weighted by Gasteiger charge is 2.21. The zero-order valence-electron chi connectivity index (χ0n) is 10.9. The molecule has 0 bridgehead atoms. The van der Waals surface area contributed by atoms with Crippen molar-refractivity contribution >= 4 is 0 Å². The van der Waals surface area contributed by atoms with E-state index in [1.54, 1.807) is 0 Å². The number of benzene rings is 1. The van der Waals surface area contributed by atoms with Crippen LogP contribution in [0.5, 0.6) is 0 Å². The monoisotopic (exact) mass is 232 g/mol. The smallest absolute Gasteiger partial charge is 0.0294 e. The van der Waals surface area contributed by atoms with Crippen LogP contribution in [0.3, 0.4) is 0 Å². The predicted molar refractivity (Wildman–Crippen MR) is 73.1 cm³/mol. The second-order valence-corrected chi connectivity index (χ2v) is 5.14. The van der Waals surface area contributed by atoms with Crippen molar-refractivity contribution in [1.82, 2.24) is 10.6 Å². The zero-order chi connectivity index (χ0) is 12.1. The first-order chi connectivity index (χ1) is 8.29. The predicted octanol–water partition coefficient (Wildman–Crippen LogP) is 2.87. The first kappa shape index (κ1) is 12.6. The molecule has 0 amide bonds. The van der Waals surface area contributed by atoms with Gasteiger partial charge in [0.25, 0.3) is 0 Å². The maximum absolute atomic E-state index is 3.75. The van der Waals surface area contributed by atoms with Gasteiger partial charge >= 0.3 is 0 Å². The van der Waals surface area contributed by atoms with Gasteiger partial charge < -0.3 is 10.6 Å². The fraction of sp³-hybridized carbons (Fsp3) is 0.600. The molecule has 2 heteroatoms. The molecule has 1 aliphatic rings. The first-order valence-electron chi connectivity index (χ1n) is 6.78. The maximum atomic E-state index is 3.75. The van der Waals surface area contributed by atoms with Crippen molar-refractivity contribution in [3.05, 3.63) is 35.9 Å². The van der Waals surface area contributed by atoms with Gasteiger partial charge in [-0.25, -0.2) is 0 Å². The standard InChI is InChI=1S/C15H24N2/c1-12(13-6-4-3-5-7-13)17-15-10-8-14(16-2)9-11-15/h3-7,12,14-17H,8-11H2,1-2H3. The summed E-state index contributed by atoms with van der Waals surface area (Å²) in [5.41, 5.74) is 1.39. The molecule has 1 fully saturated rings. The lowest BCUT2D eigenvalue weighted by molar-refractivity contribution is 0.301. The zero-order valence-corrected chi connectivity index (χ0v) is 10.9. The van der Waals surface area contributed by atoms with Crippen LogP contribution in [0.25, 0.3) is 0 Å². The Balaban J connectivity index is 1.82. The largest absolute Gasteiger partial charge is 0.317 e. The fourth-order valence-electron chi connectivity index (χ4n) is 2.74. The molecule has 1 saturated carbocycles. The van der Waals surface area contributed by atoms with Gasteiger partial charge in [-0.05, 0) is 45.2 Å². The summed E-state index contributed by atoms with van der Waals surface area (Å²) in [6.45, 7) is 2.26. The van der Waals surface area contributed by atoms with Crippen LogP contribution >= 0.6 is 0 Å². The van der Waals surface area contributed by atoms with Crippen LogP contribution in [-0.4, -0.2) is 19.1 Å². The topological polar surface area (TPSA) is 24.1 Å². The summed E-state index contributed by atoms with van der Waals surface area (Å²) in [4.78, 5) is 0. The van der Waals surface area contributed by atoms with Crippen LogP contribution in [0.1, 0.15) is 44.2 Å². The molecule has 2 nitrogen and oxygen atoms in total. The molecular weight excluding hydrogens is 208 g/mol. The van der Waals surface area contributed by atoms with Crippen LogP contribution in [0.2, 0.25) is 0 Å². The highest BCUT2D eigenvalue weighted by Crippen LogP contribution is 2.21. The van der Waals surface area contributed by atoms with E-state index in [-0.39, 0.29) is 0 Å². The van der Waals surface area contributed by atoms with Gasteiger partial charge in [0.05, 0.1) is 0 Å². The van der Waals surface area contributed by atoms with Gasteiger partial charge in [-0.1, -0.05) is 30.3 Å². The molecule has 0 aromatic heterocycles. The van der Waals surface area contributed by atoms with E-state index in [1.165, 1.54) is 31.2 Å². The van der Waals surface area contributed by atoms with E-state index in [0.717, 1.165) is 6.04 Å². The lowest BCUT2D eigenvalue weighted by atomic mass is 9.90. The van der Waals surface area contributed by atoms with Gasteiger partial charge in [0.15, 0.2) is 0 Å². The molecule has 0 saturated heterocycles. The second kappa shape index (κ2) is 6.18. The highest BCUT2D eigenvalue weighted by molar-refractivity contribution is 5.18. The number of rotatable bonds is 4. The third-order valence-corrected chi connectivity index (χ3v) is 3.92. The van der Waals surface area contributed by atoms with E-state index < -0.39 is 0 Å². The summed E-state index contributed by atoms with van der Waals surface area (Å²) < 4.78 is 0. The Kier molecular flexibility index (Phi) is 4.57. The van der Waals surface area contributed by atoms with Crippen molar-refractivity contribution in [3.8, 4) is 0 Å². The van der Waals surface area contributed by atoms with E-state index in [0.29, 0.717) is 12.1 Å². The van der Waals surface area contributed by atoms with Gasteiger partial charge in [-0.3, -0.25) is 0 Å². The van der Waals surface area contributed by atoms with Crippen molar-refractivity contribution < 1.29 is 0 Å². The summed E-state index contributed by atoms with van der Waals surface area (Å²) in [5, 5.41) is 7.13. The van der Waals surface area contributed by atoms with Gasteiger partial charge in [-0.15, -0.1) is 0 Å². The molecule has 1 aliphatic carbocycles. The van der Waals surface area contributed by atoms with Crippen molar-refractivity contribution in [3.63, 3.8) is 0 Å². The molecule has 2 rings (SSSR count). The minimum absolute atomic E-state index is 0.465. The Morgan fingerprint density at radius 1 is 1.00 bits per heavy atom. The fourth-order valence-corrected chi connectivity index (χ4v) is 2.74. The molecule has 2 N–H and O–H groups in total. The molecule has 1 aromatic rings. The average molecular weight is 232 g/mol. The molecule has 0 aliphatic heterocycles. The maximum Gasteiger partial charge on any atom is 0.0294 e. The molecular formula is C15H24N2. The summed E-state index contributed by atoms with van der Waals surface area (Å²) >= 11 is 0. The lowest BCUT2D eigenvalue weighted by Gasteiger charge is -2.31. The van der Waals surface area contributed by atoms with Crippen molar-refractivity contribution in [1.29, 1.82) is 0 Å². The van der Waals surface area contributed by atoms with Crippen LogP contribution < -0.4 is 10.6 Å². The minimum atomic E-state index is 0.465.